The van der Waals surface area contributed by atoms with Gasteiger partial charge in [-0.25, -0.2) is 4.79 Å². The van der Waals surface area contributed by atoms with Crippen LogP contribution in [-0.2, 0) is 28.5 Å². The zero-order valence-electron chi connectivity index (χ0n) is 12.1. The van der Waals surface area contributed by atoms with Gasteiger partial charge < -0.3 is 23.7 Å². The van der Waals surface area contributed by atoms with Crippen molar-refractivity contribution in [1.29, 1.82) is 0 Å². The van der Waals surface area contributed by atoms with Gasteiger partial charge in [-0.3, -0.25) is 0 Å². The molecule has 0 fully saturated rings. The van der Waals surface area contributed by atoms with Crippen LogP contribution in [0.25, 0.3) is 0 Å². The monoisotopic (exact) mass is 288 g/mol. The molecule has 6 nitrogen and oxygen atoms in total. The van der Waals surface area contributed by atoms with E-state index in [0.717, 1.165) is 0 Å². The molecule has 0 aliphatic heterocycles. The summed E-state index contributed by atoms with van der Waals surface area (Å²) in [5, 5.41) is 0. The first-order chi connectivity index (χ1) is 9.72. The van der Waals surface area contributed by atoms with Crippen molar-refractivity contribution >= 4 is 5.97 Å². The summed E-state index contributed by atoms with van der Waals surface area (Å²) in [4.78, 5) is 11.4. The molecule has 0 saturated carbocycles. The van der Waals surface area contributed by atoms with Gasteiger partial charge in [-0.1, -0.05) is 12.7 Å². The van der Waals surface area contributed by atoms with Crippen LogP contribution in [0.3, 0.4) is 0 Å². The maximum Gasteiger partial charge on any atom is 0.335 e. The molecule has 0 aliphatic carbocycles. The Kier molecular flexibility index (Phi) is 13.3. The second kappa shape index (κ2) is 14.2. The van der Waals surface area contributed by atoms with Crippen molar-refractivity contribution in [3.8, 4) is 0 Å². The van der Waals surface area contributed by atoms with Gasteiger partial charge in [0.15, 0.2) is 0 Å². The number of rotatable bonds is 14. The second-order valence-corrected chi connectivity index (χ2v) is 3.76. The fourth-order valence-corrected chi connectivity index (χ4v) is 1.08. The van der Waals surface area contributed by atoms with E-state index >= 15 is 0 Å². The standard InChI is InChI=1S/C14H24O6/c1-4-5-19-12-13(2)14(15)20-11-10-18-9-8-17-7-6-16-3/h4H,1-2,5-12H2,3H3. The van der Waals surface area contributed by atoms with Gasteiger partial charge in [0.05, 0.1) is 51.8 Å². The summed E-state index contributed by atoms with van der Waals surface area (Å²) in [7, 11) is 1.62. The van der Waals surface area contributed by atoms with Crippen LogP contribution in [0.1, 0.15) is 0 Å². The van der Waals surface area contributed by atoms with Crippen LogP contribution in [0.15, 0.2) is 24.8 Å². The predicted octanol–water partition coefficient (Wildman–Crippen LogP) is 0.968. The Bertz CT molecular complexity index is 277. The molecule has 20 heavy (non-hydrogen) atoms. The third-order valence-corrected chi connectivity index (χ3v) is 2.07. The highest BCUT2D eigenvalue weighted by atomic mass is 16.6. The summed E-state index contributed by atoms with van der Waals surface area (Å²) in [5.74, 6) is -0.478. The molecule has 0 aromatic heterocycles. The van der Waals surface area contributed by atoms with E-state index in [4.69, 9.17) is 23.7 Å². The van der Waals surface area contributed by atoms with Crippen molar-refractivity contribution in [3.05, 3.63) is 24.8 Å². The first-order valence-electron chi connectivity index (χ1n) is 6.40. The molecule has 6 heteroatoms. The number of ether oxygens (including phenoxy) is 5. The quantitative estimate of drug-likeness (QED) is 0.205. The molecule has 116 valence electrons. The highest BCUT2D eigenvalue weighted by molar-refractivity contribution is 5.87. The zero-order valence-corrected chi connectivity index (χ0v) is 12.1. The summed E-state index contributed by atoms with van der Waals surface area (Å²) in [6.07, 6.45) is 1.60. The fraction of sp³-hybridized carbons (Fsp3) is 0.643. The van der Waals surface area contributed by atoms with Crippen molar-refractivity contribution in [2.75, 3.05) is 60.0 Å². The molecule has 0 N–H and O–H groups in total. The number of hydrogen-bond acceptors (Lipinski definition) is 6. The van der Waals surface area contributed by atoms with E-state index in [1.54, 1.807) is 13.2 Å². The van der Waals surface area contributed by atoms with E-state index in [-0.39, 0.29) is 18.8 Å². The van der Waals surface area contributed by atoms with Gasteiger partial charge in [0, 0.05) is 7.11 Å². The van der Waals surface area contributed by atoms with Gasteiger partial charge in [0.1, 0.15) is 6.61 Å². The molecule has 0 unspecified atom stereocenters. The summed E-state index contributed by atoms with van der Waals surface area (Å²) in [6, 6.07) is 0. The molecule has 0 rings (SSSR count). The van der Waals surface area contributed by atoms with E-state index in [2.05, 4.69) is 13.2 Å². The molecule has 0 spiro atoms. The topological polar surface area (TPSA) is 63.2 Å². The lowest BCUT2D eigenvalue weighted by atomic mass is 10.3. The molecule has 0 bridgehead atoms. The lowest BCUT2D eigenvalue weighted by molar-refractivity contribution is -0.141. The van der Waals surface area contributed by atoms with Crippen LogP contribution in [0.4, 0.5) is 0 Å². The zero-order chi connectivity index (χ0) is 15.1. The highest BCUT2D eigenvalue weighted by Gasteiger charge is 2.07. The molecule has 0 atom stereocenters. The lowest BCUT2D eigenvalue weighted by Gasteiger charge is -2.08. The highest BCUT2D eigenvalue weighted by Crippen LogP contribution is 1.96. The van der Waals surface area contributed by atoms with E-state index in [1.165, 1.54) is 0 Å². The largest absolute Gasteiger partial charge is 0.460 e. The summed E-state index contributed by atoms with van der Waals surface area (Å²) >= 11 is 0. The Labute approximate surface area is 120 Å². The van der Waals surface area contributed by atoms with Crippen LogP contribution in [0, 0.1) is 0 Å². The van der Waals surface area contributed by atoms with Crippen LogP contribution in [0.5, 0.6) is 0 Å². The van der Waals surface area contributed by atoms with Gasteiger partial charge in [-0.15, -0.1) is 6.58 Å². The maximum absolute atomic E-state index is 11.4. The first-order valence-corrected chi connectivity index (χ1v) is 6.40. The number of carbonyl (C=O) groups is 1. The van der Waals surface area contributed by atoms with Crippen LogP contribution < -0.4 is 0 Å². The first kappa shape index (κ1) is 18.8. The molecule has 0 heterocycles. The van der Waals surface area contributed by atoms with E-state index < -0.39 is 5.97 Å². The Morgan fingerprint density at radius 2 is 1.60 bits per heavy atom. The average molecular weight is 288 g/mol. The number of methoxy groups -OCH3 is 1. The molecule has 0 aliphatic rings. The van der Waals surface area contributed by atoms with Crippen LogP contribution >= 0.6 is 0 Å². The minimum atomic E-state index is -0.478. The molecule has 0 aromatic rings. The second-order valence-electron chi connectivity index (χ2n) is 3.76. The predicted molar refractivity (Wildman–Crippen MR) is 74.6 cm³/mol. The van der Waals surface area contributed by atoms with E-state index in [9.17, 15) is 4.79 Å². The summed E-state index contributed by atoms with van der Waals surface area (Å²) in [5.41, 5.74) is 0.273. The average Bonchev–Trinajstić information content (AvgIpc) is 2.45. The fourth-order valence-electron chi connectivity index (χ4n) is 1.08. The Balaban J connectivity index is 3.34. The van der Waals surface area contributed by atoms with Crippen molar-refractivity contribution in [3.63, 3.8) is 0 Å². The number of hydrogen-bond donors (Lipinski definition) is 0. The molecule has 0 radical (unpaired) electrons. The van der Waals surface area contributed by atoms with Gasteiger partial charge in [0.2, 0.25) is 0 Å². The van der Waals surface area contributed by atoms with Gasteiger partial charge in [-0.2, -0.15) is 0 Å². The van der Waals surface area contributed by atoms with Gasteiger partial charge in [0.25, 0.3) is 0 Å². The normalized spacial score (nSPS) is 10.2. The van der Waals surface area contributed by atoms with Crippen molar-refractivity contribution < 1.29 is 28.5 Å². The third kappa shape index (κ3) is 11.9. The molecular formula is C14H24O6. The molecular weight excluding hydrogens is 264 g/mol. The Morgan fingerprint density at radius 1 is 1.00 bits per heavy atom. The molecule has 0 amide bonds. The van der Waals surface area contributed by atoms with Gasteiger partial charge >= 0.3 is 5.97 Å². The van der Waals surface area contributed by atoms with Crippen molar-refractivity contribution in [2.45, 2.75) is 0 Å². The summed E-state index contributed by atoms with van der Waals surface area (Å²) in [6.45, 7) is 10.1. The van der Waals surface area contributed by atoms with E-state index in [0.29, 0.717) is 39.6 Å². The maximum atomic E-state index is 11.4. The Morgan fingerprint density at radius 3 is 2.20 bits per heavy atom. The van der Waals surface area contributed by atoms with Crippen molar-refractivity contribution in [1.82, 2.24) is 0 Å². The lowest BCUT2D eigenvalue weighted by Crippen LogP contribution is -2.16. The number of esters is 1. The minimum absolute atomic E-state index is 0.138. The van der Waals surface area contributed by atoms with Crippen LogP contribution in [0.2, 0.25) is 0 Å². The molecule has 0 saturated heterocycles. The summed E-state index contributed by atoms with van der Waals surface area (Å²) < 4.78 is 25.3. The van der Waals surface area contributed by atoms with Crippen LogP contribution in [-0.4, -0.2) is 65.9 Å². The minimum Gasteiger partial charge on any atom is -0.460 e. The van der Waals surface area contributed by atoms with Crippen molar-refractivity contribution in [2.24, 2.45) is 0 Å². The smallest absolute Gasteiger partial charge is 0.335 e. The van der Waals surface area contributed by atoms with E-state index in [1.807, 2.05) is 0 Å². The van der Waals surface area contributed by atoms with Gasteiger partial charge in [-0.05, 0) is 0 Å². The SMILES string of the molecule is C=CCOCC(=C)C(=O)OCCOCCOCCOC. The molecule has 0 aromatic carbocycles. The Hall–Kier alpha value is -1.21. The number of carbonyl (C=O) groups excluding carboxylic acids is 1. The third-order valence-electron chi connectivity index (χ3n) is 2.07.